The summed E-state index contributed by atoms with van der Waals surface area (Å²) in [5, 5.41) is 15.8. The first-order valence-electron chi connectivity index (χ1n) is 6.09. The number of rotatable bonds is 3. The van der Waals surface area contributed by atoms with Crippen LogP contribution in [0.4, 0.5) is 0 Å². The molecule has 1 saturated heterocycles. The number of hydrogen-bond acceptors (Lipinski definition) is 5. The van der Waals surface area contributed by atoms with E-state index in [9.17, 15) is 9.59 Å². The number of carbonyl (C=O) groups excluding carboxylic acids is 1. The number of carboxylic acids is 1. The van der Waals surface area contributed by atoms with Gasteiger partial charge in [-0.25, -0.2) is 9.48 Å². The molecule has 1 aromatic heterocycles. The normalized spacial score (nSPS) is 20.1. The SMILES string of the molecule is CC1CN(C(=O)Cn2cc(C(=O)O)nn2)CCCO1. The maximum atomic E-state index is 12.1. The molecular weight excluding hydrogens is 252 g/mol. The summed E-state index contributed by atoms with van der Waals surface area (Å²) in [6.07, 6.45) is 2.06. The van der Waals surface area contributed by atoms with Crippen LogP contribution in [0.1, 0.15) is 23.8 Å². The average Bonchev–Trinajstić information content (AvgIpc) is 2.71. The van der Waals surface area contributed by atoms with E-state index >= 15 is 0 Å². The van der Waals surface area contributed by atoms with Crippen molar-refractivity contribution in [2.45, 2.75) is 26.0 Å². The zero-order valence-electron chi connectivity index (χ0n) is 10.7. The molecule has 8 heteroatoms. The Kier molecular flexibility index (Phi) is 4.10. The van der Waals surface area contributed by atoms with Crippen molar-refractivity contribution in [1.29, 1.82) is 0 Å². The third kappa shape index (κ3) is 3.50. The van der Waals surface area contributed by atoms with Gasteiger partial charge in [-0.1, -0.05) is 5.21 Å². The fourth-order valence-corrected chi connectivity index (χ4v) is 1.93. The smallest absolute Gasteiger partial charge is 0.358 e. The zero-order valence-corrected chi connectivity index (χ0v) is 10.7. The molecule has 19 heavy (non-hydrogen) atoms. The van der Waals surface area contributed by atoms with Gasteiger partial charge in [0.05, 0.1) is 12.3 Å². The molecule has 104 valence electrons. The lowest BCUT2D eigenvalue weighted by molar-refractivity contribution is -0.132. The molecule has 1 unspecified atom stereocenters. The standard InChI is InChI=1S/C11H16N4O4/c1-8-5-14(3-2-4-19-8)10(16)7-15-6-9(11(17)18)12-13-15/h6,8H,2-5,7H2,1H3,(H,17,18). The Bertz CT molecular complexity index is 473. The number of nitrogens with zero attached hydrogens (tertiary/aromatic N) is 4. The number of amides is 1. The number of ether oxygens (including phenoxy) is 1. The molecule has 0 radical (unpaired) electrons. The van der Waals surface area contributed by atoms with Crippen molar-refractivity contribution < 1.29 is 19.4 Å². The van der Waals surface area contributed by atoms with Crippen molar-refractivity contribution >= 4 is 11.9 Å². The minimum absolute atomic E-state index is 0.00694. The highest BCUT2D eigenvalue weighted by atomic mass is 16.5. The Labute approximate surface area is 109 Å². The van der Waals surface area contributed by atoms with Crippen LogP contribution in [0.15, 0.2) is 6.20 Å². The summed E-state index contributed by atoms with van der Waals surface area (Å²) in [5.41, 5.74) is -0.166. The summed E-state index contributed by atoms with van der Waals surface area (Å²) in [6, 6.07) is 0. The molecule has 2 rings (SSSR count). The van der Waals surface area contributed by atoms with Gasteiger partial charge in [-0.2, -0.15) is 0 Å². The highest BCUT2D eigenvalue weighted by Gasteiger charge is 2.20. The quantitative estimate of drug-likeness (QED) is 0.802. The van der Waals surface area contributed by atoms with E-state index in [2.05, 4.69) is 10.3 Å². The Morgan fingerprint density at radius 3 is 3.05 bits per heavy atom. The summed E-state index contributed by atoms with van der Waals surface area (Å²) < 4.78 is 6.70. The monoisotopic (exact) mass is 268 g/mol. The van der Waals surface area contributed by atoms with Crippen molar-refractivity contribution in [3.05, 3.63) is 11.9 Å². The van der Waals surface area contributed by atoms with Gasteiger partial charge in [0.25, 0.3) is 0 Å². The average molecular weight is 268 g/mol. The van der Waals surface area contributed by atoms with Gasteiger partial charge in [0.2, 0.25) is 5.91 Å². The van der Waals surface area contributed by atoms with Gasteiger partial charge < -0.3 is 14.7 Å². The van der Waals surface area contributed by atoms with E-state index < -0.39 is 5.97 Å². The van der Waals surface area contributed by atoms with Crippen LogP contribution < -0.4 is 0 Å². The first-order valence-corrected chi connectivity index (χ1v) is 6.09. The second kappa shape index (κ2) is 5.79. The van der Waals surface area contributed by atoms with Crippen LogP contribution in [0.2, 0.25) is 0 Å². The fourth-order valence-electron chi connectivity index (χ4n) is 1.93. The minimum Gasteiger partial charge on any atom is -0.476 e. The van der Waals surface area contributed by atoms with Crippen molar-refractivity contribution in [3.8, 4) is 0 Å². The van der Waals surface area contributed by atoms with Crippen LogP contribution in [0.3, 0.4) is 0 Å². The lowest BCUT2D eigenvalue weighted by atomic mass is 10.3. The summed E-state index contributed by atoms with van der Waals surface area (Å²) in [4.78, 5) is 24.4. The van der Waals surface area contributed by atoms with Crippen LogP contribution in [-0.4, -0.2) is 62.7 Å². The molecule has 2 heterocycles. The van der Waals surface area contributed by atoms with Gasteiger partial charge >= 0.3 is 5.97 Å². The first-order chi connectivity index (χ1) is 9.06. The van der Waals surface area contributed by atoms with E-state index in [4.69, 9.17) is 9.84 Å². The van der Waals surface area contributed by atoms with Crippen LogP contribution in [0.25, 0.3) is 0 Å². The fraction of sp³-hybridized carbons (Fsp3) is 0.636. The molecule has 8 nitrogen and oxygen atoms in total. The van der Waals surface area contributed by atoms with Crippen molar-refractivity contribution in [2.75, 3.05) is 19.7 Å². The van der Waals surface area contributed by atoms with E-state index in [1.165, 1.54) is 10.9 Å². The number of aromatic nitrogens is 3. The van der Waals surface area contributed by atoms with Gasteiger partial charge in [-0.05, 0) is 13.3 Å². The number of carboxylic acid groups (broad SMARTS) is 1. The molecule has 0 aromatic carbocycles. The van der Waals surface area contributed by atoms with Crippen LogP contribution in [0.5, 0.6) is 0 Å². The van der Waals surface area contributed by atoms with E-state index in [-0.39, 0.29) is 24.2 Å². The molecule has 0 bridgehead atoms. The molecule has 1 fully saturated rings. The predicted octanol–water partition coefficient (Wildman–Crippen LogP) is -0.386. The summed E-state index contributed by atoms with van der Waals surface area (Å²) >= 11 is 0. The molecule has 1 aliphatic heterocycles. The second-order valence-electron chi connectivity index (χ2n) is 4.48. The molecule has 1 N–H and O–H groups in total. The summed E-state index contributed by atoms with van der Waals surface area (Å²) in [5.74, 6) is -1.27. The van der Waals surface area contributed by atoms with Gasteiger partial charge in [-0.15, -0.1) is 5.10 Å². The zero-order chi connectivity index (χ0) is 13.8. The molecule has 0 spiro atoms. The molecule has 0 aliphatic carbocycles. The van der Waals surface area contributed by atoms with Gasteiger partial charge in [-0.3, -0.25) is 4.79 Å². The van der Waals surface area contributed by atoms with Crippen LogP contribution in [0, 0.1) is 0 Å². The third-order valence-corrected chi connectivity index (χ3v) is 2.86. The third-order valence-electron chi connectivity index (χ3n) is 2.86. The van der Waals surface area contributed by atoms with Gasteiger partial charge in [0, 0.05) is 19.7 Å². The van der Waals surface area contributed by atoms with Crippen LogP contribution >= 0.6 is 0 Å². The van der Waals surface area contributed by atoms with Crippen molar-refractivity contribution in [2.24, 2.45) is 0 Å². The molecule has 1 amide bonds. The minimum atomic E-state index is -1.16. The van der Waals surface area contributed by atoms with Gasteiger partial charge in [0.1, 0.15) is 6.54 Å². The van der Waals surface area contributed by atoms with Crippen molar-refractivity contribution in [1.82, 2.24) is 19.9 Å². The van der Waals surface area contributed by atoms with E-state index in [0.717, 1.165) is 6.42 Å². The molecule has 1 aliphatic rings. The highest BCUT2D eigenvalue weighted by Crippen LogP contribution is 2.06. The highest BCUT2D eigenvalue weighted by molar-refractivity contribution is 5.84. The lowest BCUT2D eigenvalue weighted by Gasteiger charge is -2.21. The Morgan fingerprint density at radius 2 is 2.37 bits per heavy atom. The van der Waals surface area contributed by atoms with E-state index in [1.807, 2.05) is 6.92 Å². The second-order valence-corrected chi connectivity index (χ2v) is 4.48. The predicted molar refractivity (Wildman–Crippen MR) is 63.6 cm³/mol. The Morgan fingerprint density at radius 1 is 1.58 bits per heavy atom. The number of carbonyl (C=O) groups is 2. The number of hydrogen-bond donors (Lipinski definition) is 1. The molecule has 1 aromatic rings. The first kappa shape index (κ1) is 13.5. The molecule has 0 saturated carbocycles. The van der Waals surface area contributed by atoms with E-state index in [1.54, 1.807) is 4.90 Å². The largest absolute Gasteiger partial charge is 0.476 e. The summed E-state index contributed by atoms with van der Waals surface area (Å²) in [6.45, 7) is 3.75. The summed E-state index contributed by atoms with van der Waals surface area (Å²) in [7, 11) is 0. The maximum absolute atomic E-state index is 12.1. The molecular formula is C11H16N4O4. The van der Waals surface area contributed by atoms with Crippen molar-refractivity contribution in [3.63, 3.8) is 0 Å². The van der Waals surface area contributed by atoms with Crippen LogP contribution in [-0.2, 0) is 16.1 Å². The van der Waals surface area contributed by atoms with Gasteiger partial charge in [0.15, 0.2) is 5.69 Å². The Hall–Kier alpha value is -1.96. The molecule has 1 atom stereocenters. The Balaban J connectivity index is 1.97. The topological polar surface area (TPSA) is 97.6 Å². The van der Waals surface area contributed by atoms with E-state index in [0.29, 0.717) is 19.7 Å². The maximum Gasteiger partial charge on any atom is 0.358 e. The lowest BCUT2D eigenvalue weighted by Crippen LogP contribution is -2.38. The number of aromatic carboxylic acids is 1.